The molecule has 0 amide bonds. The molecule has 2 aliphatic carbocycles. The molecule has 0 bridgehead atoms. The highest BCUT2D eigenvalue weighted by Gasteiger charge is 2.35. The SMILES string of the molecule is CC1(C)c2ccccc2-c2ccc(N(c3ccc(-c4ccccc4)cc3)c3ccc(-c4ccc5c(c4)c4cc6c(cc4n5-c4ccccc4)Cc4ccccc4-6)cc3)cc21. The van der Waals surface area contributed by atoms with Crippen LogP contribution in [0, 0.1) is 0 Å². The van der Waals surface area contributed by atoms with E-state index in [1.54, 1.807) is 0 Å². The van der Waals surface area contributed by atoms with Gasteiger partial charge in [-0.05, 0) is 146 Å². The van der Waals surface area contributed by atoms with Crippen LogP contribution in [0.4, 0.5) is 17.1 Å². The summed E-state index contributed by atoms with van der Waals surface area (Å²) < 4.78 is 2.44. The van der Waals surface area contributed by atoms with Crippen molar-refractivity contribution in [1.82, 2.24) is 4.57 Å². The molecule has 12 rings (SSSR count). The molecule has 284 valence electrons. The van der Waals surface area contributed by atoms with Crippen molar-refractivity contribution in [2.75, 3.05) is 4.90 Å². The van der Waals surface area contributed by atoms with Gasteiger partial charge in [0.1, 0.15) is 0 Å². The highest BCUT2D eigenvalue weighted by atomic mass is 15.1. The lowest BCUT2D eigenvalue weighted by molar-refractivity contribution is 0.660. The van der Waals surface area contributed by atoms with Crippen molar-refractivity contribution in [3.63, 3.8) is 0 Å². The van der Waals surface area contributed by atoms with E-state index in [0.717, 1.165) is 23.5 Å². The number of hydrogen-bond donors (Lipinski definition) is 0. The summed E-state index contributed by atoms with van der Waals surface area (Å²) in [5.41, 5.74) is 22.7. The molecule has 10 aromatic rings. The molecule has 60 heavy (non-hydrogen) atoms. The Labute approximate surface area is 351 Å². The fraction of sp³-hybridized carbons (Fsp3) is 0.0690. The van der Waals surface area contributed by atoms with E-state index in [0.29, 0.717) is 0 Å². The number of aromatic nitrogens is 1. The van der Waals surface area contributed by atoms with Gasteiger partial charge in [0.2, 0.25) is 0 Å². The van der Waals surface area contributed by atoms with Crippen LogP contribution >= 0.6 is 0 Å². The zero-order chi connectivity index (χ0) is 40.0. The quantitative estimate of drug-likeness (QED) is 0.164. The van der Waals surface area contributed by atoms with Gasteiger partial charge in [-0.3, -0.25) is 0 Å². The molecule has 2 heteroatoms. The standard InChI is InChI=1S/C58H42N2/c1-58(2)54-20-12-11-19-49(54)50-31-30-47(36-55(50)58)59(45-26-21-39(22-27-45)38-13-5-3-6-14-38)46-28-23-40(24-29-46)41-25-32-56-52(34-41)53-37-51-43(33-42-15-9-10-18-48(42)51)35-57(53)60(56)44-16-7-4-8-17-44/h3-32,34-37H,33H2,1-2H3. The number of hydrogen-bond acceptors (Lipinski definition) is 1. The zero-order valence-electron chi connectivity index (χ0n) is 33.7. The zero-order valence-corrected chi connectivity index (χ0v) is 33.7. The monoisotopic (exact) mass is 766 g/mol. The van der Waals surface area contributed by atoms with Crippen LogP contribution in [0.3, 0.4) is 0 Å². The fourth-order valence-corrected chi connectivity index (χ4v) is 10.2. The van der Waals surface area contributed by atoms with Crippen molar-refractivity contribution in [1.29, 1.82) is 0 Å². The Morgan fingerprint density at radius 3 is 1.70 bits per heavy atom. The molecule has 0 spiro atoms. The van der Waals surface area contributed by atoms with Crippen LogP contribution in [0.5, 0.6) is 0 Å². The fourth-order valence-electron chi connectivity index (χ4n) is 10.2. The molecule has 9 aromatic carbocycles. The van der Waals surface area contributed by atoms with E-state index in [9.17, 15) is 0 Å². The van der Waals surface area contributed by atoms with E-state index in [2.05, 4.69) is 230 Å². The molecule has 0 aliphatic heterocycles. The summed E-state index contributed by atoms with van der Waals surface area (Å²) in [6.45, 7) is 4.71. The highest BCUT2D eigenvalue weighted by molar-refractivity contribution is 6.12. The molecule has 0 unspecified atom stereocenters. The van der Waals surface area contributed by atoms with Crippen LogP contribution in [0.15, 0.2) is 206 Å². The van der Waals surface area contributed by atoms with Gasteiger partial charge in [0.05, 0.1) is 11.0 Å². The topological polar surface area (TPSA) is 8.17 Å². The molecule has 2 nitrogen and oxygen atoms in total. The molecule has 0 saturated carbocycles. The van der Waals surface area contributed by atoms with Crippen LogP contribution in [0.25, 0.3) is 72.0 Å². The van der Waals surface area contributed by atoms with Gasteiger partial charge < -0.3 is 9.47 Å². The molecule has 0 N–H and O–H groups in total. The van der Waals surface area contributed by atoms with Crippen molar-refractivity contribution in [2.45, 2.75) is 25.7 Å². The minimum atomic E-state index is -0.0969. The molecule has 0 atom stereocenters. The molecule has 0 radical (unpaired) electrons. The third kappa shape index (κ3) is 5.34. The van der Waals surface area contributed by atoms with Gasteiger partial charge in [-0.1, -0.05) is 147 Å². The first kappa shape index (κ1) is 34.6. The van der Waals surface area contributed by atoms with E-state index in [1.807, 2.05) is 0 Å². The van der Waals surface area contributed by atoms with Crippen LogP contribution < -0.4 is 4.90 Å². The van der Waals surface area contributed by atoms with Gasteiger partial charge in [0.25, 0.3) is 0 Å². The van der Waals surface area contributed by atoms with Gasteiger partial charge in [-0.15, -0.1) is 0 Å². The first-order valence-corrected chi connectivity index (χ1v) is 21.0. The molecule has 0 fully saturated rings. The second-order valence-corrected chi connectivity index (χ2v) is 17.0. The molecule has 2 aliphatic rings. The van der Waals surface area contributed by atoms with E-state index in [-0.39, 0.29) is 5.41 Å². The Balaban J connectivity index is 0.974. The van der Waals surface area contributed by atoms with Crippen LogP contribution in [0.2, 0.25) is 0 Å². The smallest absolute Gasteiger partial charge is 0.0544 e. The number of para-hydroxylation sites is 1. The van der Waals surface area contributed by atoms with Crippen molar-refractivity contribution in [2.24, 2.45) is 0 Å². The predicted molar refractivity (Wildman–Crippen MR) is 252 cm³/mol. The van der Waals surface area contributed by atoms with Gasteiger partial charge in [-0.25, -0.2) is 0 Å². The second-order valence-electron chi connectivity index (χ2n) is 17.0. The predicted octanol–water partition coefficient (Wildman–Crippen LogP) is 15.5. The van der Waals surface area contributed by atoms with E-state index >= 15 is 0 Å². The maximum atomic E-state index is 2.45. The normalized spacial score (nSPS) is 13.2. The highest BCUT2D eigenvalue weighted by Crippen LogP contribution is 2.51. The summed E-state index contributed by atoms with van der Waals surface area (Å²) in [6.07, 6.45) is 0.973. The van der Waals surface area contributed by atoms with E-state index in [4.69, 9.17) is 0 Å². The summed E-state index contributed by atoms with van der Waals surface area (Å²) in [5.74, 6) is 0. The molecular formula is C58H42N2. The first-order valence-electron chi connectivity index (χ1n) is 21.0. The minimum Gasteiger partial charge on any atom is -0.310 e. The van der Waals surface area contributed by atoms with Crippen LogP contribution in [-0.4, -0.2) is 4.57 Å². The number of anilines is 3. The molecule has 1 aromatic heterocycles. The van der Waals surface area contributed by atoms with Crippen molar-refractivity contribution >= 4 is 38.9 Å². The summed E-state index contributed by atoms with van der Waals surface area (Å²) >= 11 is 0. The van der Waals surface area contributed by atoms with Crippen molar-refractivity contribution in [3.8, 4) is 50.2 Å². The number of rotatable bonds is 6. The summed E-state index contributed by atoms with van der Waals surface area (Å²) in [5, 5.41) is 2.55. The Kier molecular flexibility index (Phi) is 7.68. The second kappa shape index (κ2) is 13.3. The average molecular weight is 767 g/mol. The molecular weight excluding hydrogens is 725 g/mol. The molecule has 1 heterocycles. The Bertz CT molecular complexity index is 3280. The average Bonchev–Trinajstić information content (AvgIpc) is 3.91. The maximum absolute atomic E-state index is 2.45. The number of benzene rings is 9. The van der Waals surface area contributed by atoms with Gasteiger partial charge in [-0.2, -0.15) is 0 Å². The van der Waals surface area contributed by atoms with Crippen molar-refractivity contribution < 1.29 is 0 Å². The lowest BCUT2D eigenvalue weighted by Crippen LogP contribution is -2.16. The summed E-state index contributed by atoms with van der Waals surface area (Å²) in [7, 11) is 0. The minimum absolute atomic E-state index is 0.0969. The van der Waals surface area contributed by atoms with Gasteiger partial charge in [0.15, 0.2) is 0 Å². The third-order valence-corrected chi connectivity index (χ3v) is 13.2. The first-order chi connectivity index (χ1) is 29.5. The lowest BCUT2D eigenvalue weighted by Gasteiger charge is -2.28. The summed E-state index contributed by atoms with van der Waals surface area (Å²) in [6, 6.07) is 76.3. The maximum Gasteiger partial charge on any atom is 0.0544 e. The van der Waals surface area contributed by atoms with Gasteiger partial charge >= 0.3 is 0 Å². The van der Waals surface area contributed by atoms with Gasteiger partial charge in [0, 0.05) is 38.9 Å². The van der Waals surface area contributed by atoms with E-state index in [1.165, 1.54) is 94.3 Å². The number of fused-ring (bicyclic) bond motifs is 9. The largest absolute Gasteiger partial charge is 0.310 e. The van der Waals surface area contributed by atoms with Crippen LogP contribution in [-0.2, 0) is 11.8 Å². The Morgan fingerprint density at radius 1 is 0.383 bits per heavy atom. The molecule has 0 saturated heterocycles. The van der Waals surface area contributed by atoms with Crippen molar-refractivity contribution in [3.05, 3.63) is 229 Å². The summed E-state index contributed by atoms with van der Waals surface area (Å²) in [4.78, 5) is 2.41. The van der Waals surface area contributed by atoms with Crippen LogP contribution in [0.1, 0.15) is 36.1 Å². The Morgan fingerprint density at radius 2 is 0.950 bits per heavy atom. The number of nitrogens with zero attached hydrogens (tertiary/aromatic N) is 2. The van der Waals surface area contributed by atoms with E-state index < -0.39 is 0 Å². The third-order valence-electron chi connectivity index (χ3n) is 13.2. The lowest BCUT2D eigenvalue weighted by atomic mass is 9.82. The Hall–Kier alpha value is -7.42.